The minimum absolute atomic E-state index is 0.487. The molecule has 1 N–H and O–H groups in total. The van der Waals surface area contributed by atoms with Gasteiger partial charge in [-0.25, -0.2) is 4.98 Å². The predicted molar refractivity (Wildman–Crippen MR) is 95.5 cm³/mol. The summed E-state index contributed by atoms with van der Waals surface area (Å²) in [4.78, 5) is 8.78. The lowest BCUT2D eigenvalue weighted by Gasteiger charge is -2.23. The van der Waals surface area contributed by atoms with Crippen LogP contribution in [0.3, 0.4) is 0 Å². The van der Waals surface area contributed by atoms with Crippen LogP contribution in [0.5, 0.6) is 0 Å². The molecular weight excluding hydrogens is 278 g/mol. The zero-order valence-corrected chi connectivity index (χ0v) is 15.7. The summed E-state index contributed by atoms with van der Waals surface area (Å²) in [6, 6.07) is 0.512. The summed E-state index contributed by atoms with van der Waals surface area (Å²) in [7, 11) is 0. The number of aromatic nitrogens is 1. The highest BCUT2D eigenvalue weighted by Gasteiger charge is 2.18. The summed E-state index contributed by atoms with van der Waals surface area (Å²) < 4.78 is 0. The van der Waals surface area contributed by atoms with Crippen LogP contribution in [-0.2, 0) is 6.54 Å². The van der Waals surface area contributed by atoms with E-state index in [-0.39, 0.29) is 0 Å². The third kappa shape index (κ3) is 5.59. The van der Waals surface area contributed by atoms with Crippen LogP contribution >= 0.6 is 11.3 Å². The van der Waals surface area contributed by atoms with E-state index in [2.05, 4.69) is 58.7 Å². The highest BCUT2D eigenvalue weighted by molar-refractivity contribution is 7.15. The van der Waals surface area contributed by atoms with Crippen LogP contribution in [0.25, 0.3) is 0 Å². The molecule has 0 spiro atoms. The molecule has 0 bridgehead atoms. The Morgan fingerprint density at radius 1 is 1.14 bits per heavy atom. The highest BCUT2D eigenvalue weighted by Crippen LogP contribution is 2.31. The van der Waals surface area contributed by atoms with Gasteiger partial charge in [-0.2, -0.15) is 0 Å². The summed E-state index contributed by atoms with van der Waals surface area (Å²) in [6.45, 7) is 18.7. The molecule has 0 aliphatic carbocycles. The van der Waals surface area contributed by atoms with Gasteiger partial charge in [0.1, 0.15) is 0 Å². The van der Waals surface area contributed by atoms with E-state index >= 15 is 0 Å². The molecule has 0 radical (unpaired) electrons. The predicted octanol–water partition coefficient (Wildman–Crippen LogP) is 4.64. The van der Waals surface area contributed by atoms with Gasteiger partial charge in [-0.3, -0.25) is 0 Å². The van der Waals surface area contributed by atoms with Gasteiger partial charge >= 0.3 is 0 Å². The second kappa shape index (κ2) is 8.74. The van der Waals surface area contributed by atoms with E-state index in [0.717, 1.165) is 19.6 Å². The van der Waals surface area contributed by atoms with Gasteiger partial charge in [0, 0.05) is 30.6 Å². The molecule has 0 saturated carbocycles. The molecule has 0 amide bonds. The molecule has 1 aromatic heterocycles. The minimum atomic E-state index is 0.487. The number of hydrogen-bond donors (Lipinski definition) is 1. The monoisotopic (exact) mass is 311 g/mol. The third-order valence-electron chi connectivity index (χ3n) is 3.82. The van der Waals surface area contributed by atoms with Crippen molar-refractivity contribution in [1.29, 1.82) is 0 Å². The maximum atomic E-state index is 4.95. The van der Waals surface area contributed by atoms with E-state index in [1.54, 1.807) is 0 Å². The van der Waals surface area contributed by atoms with E-state index < -0.39 is 0 Å². The van der Waals surface area contributed by atoms with Gasteiger partial charge in [0.05, 0.1) is 5.69 Å². The van der Waals surface area contributed by atoms with E-state index in [0.29, 0.717) is 17.9 Å². The topological polar surface area (TPSA) is 28.2 Å². The molecule has 0 aromatic carbocycles. The lowest BCUT2D eigenvalue weighted by molar-refractivity contribution is 0.547. The zero-order valence-electron chi connectivity index (χ0n) is 14.9. The molecule has 1 unspecified atom stereocenters. The molecular formula is C17H33N3S. The van der Waals surface area contributed by atoms with Crippen LogP contribution in [0.4, 0.5) is 5.13 Å². The maximum Gasteiger partial charge on any atom is 0.185 e. The van der Waals surface area contributed by atoms with Crippen molar-refractivity contribution in [2.45, 2.75) is 73.4 Å². The summed E-state index contributed by atoms with van der Waals surface area (Å²) in [5.74, 6) is 1.20. The van der Waals surface area contributed by atoms with Crippen molar-refractivity contribution in [2.24, 2.45) is 5.92 Å². The van der Waals surface area contributed by atoms with Crippen molar-refractivity contribution in [3.05, 3.63) is 10.6 Å². The van der Waals surface area contributed by atoms with Crippen LogP contribution in [0.1, 0.15) is 71.4 Å². The summed E-state index contributed by atoms with van der Waals surface area (Å²) in [6.07, 6.45) is 1.22. The first-order chi connectivity index (χ1) is 9.88. The Balaban J connectivity index is 2.93. The molecule has 3 nitrogen and oxygen atoms in total. The fourth-order valence-corrected chi connectivity index (χ4v) is 3.45. The van der Waals surface area contributed by atoms with Crippen LogP contribution in [0.2, 0.25) is 0 Å². The lowest BCUT2D eigenvalue weighted by atomic mass is 10.1. The average Bonchev–Trinajstić information content (AvgIpc) is 2.86. The Labute approximate surface area is 135 Å². The Morgan fingerprint density at radius 3 is 2.29 bits per heavy atom. The molecule has 1 atom stereocenters. The molecule has 0 fully saturated rings. The first-order valence-corrected chi connectivity index (χ1v) is 9.18. The van der Waals surface area contributed by atoms with Crippen LogP contribution < -0.4 is 10.2 Å². The minimum Gasteiger partial charge on any atom is -0.348 e. The SMILES string of the molecule is CCC(C)CN(CC)c1nc(C(C)C)c(CNC(C)C)s1. The standard InChI is InChI=1S/C17H33N3S/c1-8-14(7)11-20(9-2)17-19-16(12(3)4)15(21-17)10-18-13(5)6/h12-14,18H,8-11H2,1-7H3. The first-order valence-electron chi connectivity index (χ1n) is 8.36. The van der Waals surface area contributed by atoms with Crippen molar-refractivity contribution in [3.8, 4) is 0 Å². The van der Waals surface area contributed by atoms with E-state index in [4.69, 9.17) is 4.98 Å². The van der Waals surface area contributed by atoms with Gasteiger partial charge in [-0.15, -0.1) is 11.3 Å². The fourth-order valence-electron chi connectivity index (χ4n) is 2.21. The largest absolute Gasteiger partial charge is 0.348 e. The number of thiazole rings is 1. The van der Waals surface area contributed by atoms with Gasteiger partial charge in [-0.05, 0) is 18.8 Å². The van der Waals surface area contributed by atoms with Crippen LogP contribution in [0, 0.1) is 5.92 Å². The van der Waals surface area contributed by atoms with E-state index in [1.807, 2.05) is 11.3 Å². The Kier molecular flexibility index (Phi) is 7.67. The van der Waals surface area contributed by atoms with Crippen molar-refractivity contribution in [2.75, 3.05) is 18.0 Å². The second-order valence-corrected chi connectivity index (χ2v) is 7.61. The van der Waals surface area contributed by atoms with Gasteiger partial charge in [0.2, 0.25) is 0 Å². The smallest absolute Gasteiger partial charge is 0.185 e. The first kappa shape index (κ1) is 18.4. The Hall–Kier alpha value is -0.610. The molecule has 0 aliphatic heterocycles. The van der Waals surface area contributed by atoms with E-state index in [9.17, 15) is 0 Å². The lowest BCUT2D eigenvalue weighted by Crippen LogP contribution is -2.27. The molecule has 1 aromatic rings. The summed E-state index contributed by atoms with van der Waals surface area (Å²) >= 11 is 1.87. The number of hydrogen-bond acceptors (Lipinski definition) is 4. The average molecular weight is 312 g/mol. The summed E-state index contributed by atoms with van der Waals surface area (Å²) in [5.41, 5.74) is 1.27. The molecule has 122 valence electrons. The van der Waals surface area contributed by atoms with Gasteiger partial charge in [-0.1, -0.05) is 48.0 Å². The van der Waals surface area contributed by atoms with Crippen molar-refractivity contribution in [1.82, 2.24) is 10.3 Å². The maximum absolute atomic E-state index is 4.95. The van der Waals surface area contributed by atoms with E-state index in [1.165, 1.54) is 22.1 Å². The van der Waals surface area contributed by atoms with Gasteiger partial charge < -0.3 is 10.2 Å². The molecule has 1 heterocycles. The molecule has 4 heteroatoms. The fraction of sp³-hybridized carbons (Fsp3) is 0.824. The number of nitrogens with one attached hydrogen (secondary N) is 1. The zero-order chi connectivity index (χ0) is 16.0. The van der Waals surface area contributed by atoms with Crippen molar-refractivity contribution >= 4 is 16.5 Å². The van der Waals surface area contributed by atoms with Gasteiger partial charge in [0.25, 0.3) is 0 Å². The number of rotatable bonds is 9. The molecule has 0 saturated heterocycles. The quantitative estimate of drug-likeness (QED) is 0.720. The molecule has 1 rings (SSSR count). The van der Waals surface area contributed by atoms with Crippen molar-refractivity contribution < 1.29 is 0 Å². The molecule has 21 heavy (non-hydrogen) atoms. The Morgan fingerprint density at radius 2 is 1.81 bits per heavy atom. The third-order valence-corrected chi connectivity index (χ3v) is 4.95. The number of anilines is 1. The highest BCUT2D eigenvalue weighted by atomic mass is 32.1. The Bertz CT molecular complexity index is 412. The van der Waals surface area contributed by atoms with Crippen LogP contribution in [-0.4, -0.2) is 24.1 Å². The molecule has 0 aliphatic rings. The van der Waals surface area contributed by atoms with Crippen molar-refractivity contribution in [3.63, 3.8) is 0 Å². The van der Waals surface area contributed by atoms with Gasteiger partial charge in [0.15, 0.2) is 5.13 Å². The number of nitrogens with zero attached hydrogens (tertiary/aromatic N) is 2. The summed E-state index contributed by atoms with van der Waals surface area (Å²) in [5, 5.41) is 4.73. The normalized spacial score (nSPS) is 13.2. The second-order valence-electron chi connectivity index (χ2n) is 6.55. The van der Waals surface area contributed by atoms with Crippen LogP contribution in [0.15, 0.2) is 0 Å².